The number of ether oxygens (including phenoxy) is 1. The molecule has 1 N–H and O–H groups in total. The van der Waals surface area contributed by atoms with Crippen molar-refractivity contribution in [3.63, 3.8) is 0 Å². The van der Waals surface area contributed by atoms with Gasteiger partial charge in [-0.3, -0.25) is 4.79 Å². The van der Waals surface area contributed by atoms with Crippen molar-refractivity contribution in [2.75, 3.05) is 13.2 Å². The first-order valence-electron chi connectivity index (χ1n) is 4.90. The molecule has 82 valence electrons. The first kappa shape index (κ1) is 10.2. The van der Waals surface area contributed by atoms with Gasteiger partial charge in [0.05, 0.1) is 0 Å². The highest BCUT2D eigenvalue weighted by Gasteiger charge is 2.44. The lowest BCUT2D eigenvalue weighted by Crippen LogP contribution is -2.41. The summed E-state index contributed by atoms with van der Waals surface area (Å²) in [6.45, 7) is 2.67. The number of nitrogens with zero attached hydrogens (tertiary/aromatic N) is 1. The average Bonchev–Trinajstić information content (AvgIpc) is 2.66. The van der Waals surface area contributed by atoms with Gasteiger partial charge in [0.2, 0.25) is 0 Å². The molecule has 1 aromatic heterocycles. The molecule has 15 heavy (non-hydrogen) atoms. The van der Waals surface area contributed by atoms with E-state index >= 15 is 0 Å². The fraction of sp³-hybridized carbons (Fsp3) is 0.600. The molecule has 0 unspecified atom stereocenters. The van der Waals surface area contributed by atoms with Gasteiger partial charge in [-0.05, 0) is 19.8 Å². The first-order valence-corrected chi connectivity index (χ1v) is 4.90. The number of hydrogen-bond acceptors (Lipinski definition) is 4. The van der Waals surface area contributed by atoms with Gasteiger partial charge in [-0.25, -0.2) is 0 Å². The zero-order valence-corrected chi connectivity index (χ0v) is 8.52. The Labute approximate surface area is 87.0 Å². The maximum Gasteiger partial charge on any atom is 0.316 e. The van der Waals surface area contributed by atoms with Crippen molar-refractivity contribution in [2.45, 2.75) is 25.2 Å². The molecule has 1 aromatic rings. The molecule has 2 rings (SSSR count). The molecular weight excluding hydrogens is 198 g/mol. The van der Waals surface area contributed by atoms with E-state index in [1.165, 1.54) is 0 Å². The van der Waals surface area contributed by atoms with Crippen LogP contribution in [0.15, 0.2) is 10.6 Å². The van der Waals surface area contributed by atoms with Crippen LogP contribution in [0, 0.1) is 6.92 Å². The summed E-state index contributed by atoms with van der Waals surface area (Å²) in [5, 5.41) is 13.1. The lowest BCUT2D eigenvalue weighted by atomic mass is 9.77. The van der Waals surface area contributed by atoms with Crippen molar-refractivity contribution in [2.24, 2.45) is 0 Å². The van der Waals surface area contributed by atoms with Crippen molar-refractivity contribution in [3.8, 4) is 0 Å². The van der Waals surface area contributed by atoms with Crippen LogP contribution in [0.1, 0.15) is 24.3 Å². The Morgan fingerprint density at radius 3 is 2.67 bits per heavy atom. The molecule has 0 aromatic carbocycles. The zero-order valence-electron chi connectivity index (χ0n) is 8.52. The number of aromatic nitrogens is 1. The molecule has 1 saturated heterocycles. The predicted molar refractivity (Wildman–Crippen MR) is 50.6 cm³/mol. The van der Waals surface area contributed by atoms with Gasteiger partial charge >= 0.3 is 5.97 Å². The topological polar surface area (TPSA) is 72.6 Å². The summed E-state index contributed by atoms with van der Waals surface area (Å²) in [6, 6.07) is 1.69. The molecule has 1 fully saturated rings. The lowest BCUT2D eigenvalue weighted by Gasteiger charge is -2.30. The SMILES string of the molecule is Cc1cc(C2(C(=O)O)CCOCC2)no1. The molecule has 2 heterocycles. The minimum atomic E-state index is -0.921. The van der Waals surface area contributed by atoms with Crippen LogP contribution in [0.4, 0.5) is 0 Å². The molecule has 0 spiro atoms. The van der Waals surface area contributed by atoms with Crippen LogP contribution in [-0.4, -0.2) is 29.4 Å². The van der Waals surface area contributed by atoms with Crippen LogP contribution in [0.2, 0.25) is 0 Å². The van der Waals surface area contributed by atoms with E-state index in [0.717, 1.165) is 0 Å². The van der Waals surface area contributed by atoms with E-state index in [1.807, 2.05) is 0 Å². The Balaban J connectivity index is 2.37. The fourth-order valence-electron chi connectivity index (χ4n) is 1.89. The number of aliphatic carboxylic acids is 1. The highest BCUT2D eigenvalue weighted by molar-refractivity contribution is 5.80. The van der Waals surface area contributed by atoms with E-state index in [1.54, 1.807) is 13.0 Å². The van der Waals surface area contributed by atoms with Crippen LogP contribution in [0.25, 0.3) is 0 Å². The van der Waals surface area contributed by atoms with E-state index < -0.39 is 11.4 Å². The smallest absolute Gasteiger partial charge is 0.316 e. The van der Waals surface area contributed by atoms with Gasteiger partial charge in [0.15, 0.2) is 0 Å². The quantitative estimate of drug-likeness (QED) is 0.793. The monoisotopic (exact) mass is 211 g/mol. The molecule has 0 radical (unpaired) electrons. The summed E-state index contributed by atoms with van der Waals surface area (Å²) in [5.41, 5.74) is -0.411. The van der Waals surface area contributed by atoms with Crippen molar-refractivity contribution < 1.29 is 19.2 Å². The average molecular weight is 211 g/mol. The Hall–Kier alpha value is -1.36. The molecule has 5 heteroatoms. The second-order valence-corrected chi connectivity index (χ2v) is 3.82. The van der Waals surface area contributed by atoms with E-state index in [0.29, 0.717) is 37.5 Å². The highest BCUT2D eigenvalue weighted by atomic mass is 16.5. The highest BCUT2D eigenvalue weighted by Crippen LogP contribution is 2.34. The Kier molecular flexibility index (Phi) is 2.48. The van der Waals surface area contributed by atoms with Crippen LogP contribution in [0.5, 0.6) is 0 Å². The number of carboxylic acids is 1. The Morgan fingerprint density at radius 1 is 1.53 bits per heavy atom. The van der Waals surface area contributed by atoms with Crippen LogP contribution in [0.3, 0.4) is 0 Å². The third-order valence-corrected chi connectivity index (χ3v) is 2.87. The van der Waals surface area contributed by atoms with Gasteiger partial charge in [-0.2, -0.15) is 0 Å². The second kappa shape index (κ2) is 3.66. The van der Waals surface area contributed by atoms with Crippen LogP contribution in [-0.2, 0) is 14.9 Å². The molecular formula is C10H13NO4. The molecule has 1 aliphatic heterocycles. The molecule has 0 amide bonds. The lowest BCUT2D eigenvalue weighted by molar-refractivity contribution is -0.148. The molecule has 0 atom stereocenters. The molecule has 1 aliphatic rings. The van der Waals surface area contributed by atoms with Crippen LogP contribution < -0.4 is 0 Å². The normalized spacial score (nSPS) is 20.1. The Morgan fingerprint density at radius 2 is 2.20 bits per heavy atom. The summed E-state index contributed by atoms with van der Waals surface area (Å²) in [4.78, 5) is 11.3. The first-order chi connectivity index (χ1) is 7.15. The Bertz CT molecular complexity index is 365. The molecule has 0 aliphatic carbocycles. The minimum absolute atomic E-state index is 0.453. The van der Waals surface area contributed by atoms with Crippen LogP contribution >= 0.6 is 0 Å². The van der Waals surface area contributed by atoms with Gasteiger partial charge < -0.3 is 14.4 Å². The molecule has 5 nitrogen and oxygen atoms in total. The molecule has 0 bridgehead atoms. The summed E-state index contributed by atoms with van der Waals surface area (Å²) in [5.74, 6) is -0.212. The van der Waals surface area contributed by atoms with Gasteiger partial charge in [-0.1, -0.05) is 5.16 Å². The van der Waals surface area contributed by atoms with E-state index in [-0.39, 0.29) is 0 Å². The summed E-state index contributed by atoms with van der Waals surface area (Å²) in [6.07, 6.45) is 0.905. The van der Waals surface area contributed by atoms with E-state index in [4.69, 9.17) is 9.26 Å². The number of aryl methyl sites for hydroxylation is 1. The van der Waals surface area contributed by atoms with E-state index in [2.05, 4.69) is 5.16 Å². The maximum absolute atomic E-state index is 11.3. The van der Waals surface area contributed by atoms with E-state index in [9.17, 15) is 9.90 Å². The second-order valence-electron chi connectivity index (χ2n) is 3.82. The van der Waals surface area contributed by atoms with Gasteiger partial charge in [0, 0.05) is 19.3 Å². The fourth-order valence-corrected chi connectivity index (χ4v) is 1.89. The number of carboxylic acid groups (broad SMARTS) is 1. The predicted octanol–water partition coefficient (Wildman–Crippen LogP) is 1.12. The maximum atomic E-state index is 11.3. The van der Waals surface area contributed by atoms with Gasteiger partial charge in [-0.15, -0.1) is 0 Å². The minimum Gasteiger partial charge on any atom is -0.481 e. The third kappa shape index (κ3) is 1.63. The number of hydrogen-bond donors (Lipinski definition) is 1. The summed E-state index contributed by atoms with van der Waals surface area (Å²) < 4.78 is 10.1. The number of rotatable bonds is 2. The zero-order chi connectivity index (χ0) is 10.9. The summed E-state index contributed by atoms with van der Waals surface area (Å²) >= 11 is 0. The number of carbonyl (C=O) groups is 1. The summed E-state index contributed by atoms with van der Waals surface area (Å²) in [7, 11) is 0. The third-order valence-electron chi connectivity index (χ3n) is 2.87. The van der Waals surface area contributed by atoms with Gasteiger partial charge in [0.25, 0.3) is 0 Å². The van der Waals surface area contributed by atoms with Crippen molar-refractivity contribution in [1.82, 2.24) is 5.16 Å². The van der Waals surface area contributed by atoms with Gasteiger partial charge in [0.1, 0.15) is 16.9 Å². The molecule has 0 saturated carbocycles. The van der Waals surface area contributed by atoms with Crippen molar-refractivity contribution in [3.05, 3.63) is 17.5 Å². The largest absolute Gasteiger partial charge is 0.481 e. The standard InChI is InChI=1S/C10H13NO4/c1-7-6-8(11-15-7)10(9(12)13)2-4-14-5-3-10/h6H,2-5H2,1H3,(H,12,13). The van der Waals surface area contributed by atoms with Crippen molar-refractivity contribution >= 4 is 5.97 Å². The van der Waals surface area contributed by atoms with Crippen molar-refractivity contribution in [1.29, 1.82) is 0 Å².